The molecule has 0 radical (unpaired) electrons. The molecule has 1 unspecified atom stereocenters. The minimum Gasteiger partial charge on any atom is -0.481 e. The number of ether oxygens (including phenoxy) is 1. The maximum absolute atomic E-state index is 12.3. The zero-order valence-electron chi connectivity index (χ0n) is 20.6. The van der Waals surface area contributed by atoms with E-state index in [-0.39, 0.29) is 23.2 Å². The molecule has 4 rings (SSSR count). The number of benzene rings is 2. The molecule has 0 bridgehead atoms. The first kappa shape index (κ1) is 25.8. The smallest absolute Gasteiger partial charge is 0.314 e. The standard InChI is InChI=1S/C29H34N2O5/c1-2-9-26(29(31(34)35)18-14-24(15-19-29)28(32)33)30-20-16-25(17-21-30)36-27(22-10-5-3-6-11-22)23-12-7-4-8-13-23/h3-8,10-15,18-19,24-27H,2,9,16-17,20-21H2,1H3,(H,32,33). The number of carbonyl (C=O) groups is 1. The summed E-state index contributed by atoms with van der Waals surface area (Å²) in [7, 11) is 0. The molecular formula is C29H34N2O5. The van der Waals surface area contributed by atoms with Gasteiger partial charge in [0.2, 0.25) is 0 Å². The quantitative estimate of drug-likeness (QED) is 0.277. The molecule has 0 aromatic heterocycles. The lowest BCUT2D eigenvalue weighted by atomic mass is 9.80. The number of carboxylic acids is 1. The van der Waals surface area contributed by atoms with Crippen molar-refractivity contribution in [1.82, 2.24) is 4.90 Å². The molecule has 1 aliphatic heterocycles. The first-order valence-corrected chi connectivity index (χ1v) is 12.7. The Bertz CT molecular complexity index is 1020. The van der Waals surface area contributed by atoms with Gasteiger partial charge in [-0.3, -0.25) is 19.8 Å². The van der Waals surface area contributed by atoms with Crippen LogP contribution in [-0.4, -0.2) is 51.7 Å². The van der Waals surface area contributed by atoms with Crippen LogP contribution in [0.3, 0.4) is 0 Å². The molecule has 2 aromatic rings. The summed E-state index contributed by atoms with van der Waals surface area (Å²) in [4.78, 5) is 25.6. The third-order valence-electron chi connectivity index (χ3n) is 7.29. The van der Waals surface area contributed by atoms with Crippen LogP contribution in [-0.2, 0) is 9.53 Å². The Balaban J connectivity index is 1.49. The van der Waals surface area contributed by atoms with Crippen molar-refractivity contribution in [2.45, 2.75) is 56.4 Å². The molecule has 7 heteroatoms. The summed E-state index contributed by atoms with van der Waals surface area (Å²) in [5.74, 6) is -1.83. The van der Waals surface area contributed by atoms with Gasteiger partial charge in [0.05, 0.1) is 18.1 Å². The largest absolute Gasteiger partial charge is 0.481 e. The molecule has 190 valence electrons. The number of aliphatic carboxylic acids is 1. The van der Waals surface area contributed by atoms with Crippen LogP contribution in [0, 0.1) is 16.0 Å². The lowest BCUT2D eigenvalue weighted by Crippen LogP contribution is -2.58. The summed E-state index contributed by atoms with van der Waals surface area (Å²) in [6.45, 7) is 3.40. The highest BCUT2D eigenvalue weighted by Crippen LogP contribution is 2.35. The fourth-order valence-corrected chi connectivity index (χ4v) is 5.37. The molecule has 36 heavy (non-hydrogen) atoms. The second-order valence-electron chi connectivity index (χ2n) is 9.60. The van der Waals surface area contributed by atoms with Gasteiger partial charge >= 0.3 is 5.97 Å². The van der Waals surface area contributed by atoms with E-state index in [1.165, 1.54) is 24.3 Å². The van der Waals surface area contributed by atoms with Crippen molar-refractivity contribution in [3.8, 4) is 0 Å². The van der Waals surface area contributed by atoms with Crippen molar-refractivity contribution < 1.29 is 19.6 Å². The van der Waals surface area contributed by atoms with E-state index in [4.69, 9.17) is 4.74 Å². The first-order chi connectivity index (χ1) is 17.4. The summed E-state index contributed by atoms with van der Waals surface area (Å²) in [5.41, 5.74) is 0.784. The lowest BCUT2D eigenvalue weighted by molar-refractivity contribution is -0.549. The summed E-state index contributed by atoms with van der Waals surface area (Å²) < 4.78 is 6.66. The minimum absolute atomic E-state index is 0.0364. The van der Waals surface area contributed by atoms with Crippen LogP contribution < -0.4 is 0 Å². The fraction of sp³-hybridized carbons (Fsp3) is 0.414. The number of nitrogens with zero attached hydrogens (tertiary/aromatic N) is 2. The van der Waals surface area contributed by atoms with Crippen LogP contribution in [0.1, 0.15) is 49.8 Å². The van der Waals surface area contributed by atoms with Gasteiger partial charge < -0.3 is 9.84 Å². The van der Waals surface area contributed by atoms with Gasteiger partial charge in [-0.2, -0.15) is 0 Å². The number of rotatable bonds is 10. The van der Waals surface area contributed by atoms with Crippen molar-refractivity contribution in [3.05, 3.63) is 106 Å². The van der Waals surface area contributed by atoms with Crippen LogP contribution in [0.2, 0.25) is 0 Å². The summed E-state index contributed by atoms with van der Waals surface area (Å²) in [5, 5.41) is 21.6. The molecule has 2 aliphatic rings. The Morgan fingerprint density at radius 2 is 1.58 bits per heavy atom. The molecular weight excluding hydrogens is 456 g/mol. The van der Waals surface area contributed by atoms with Gasteiger partial charge in [0.1, 0.15) is 6.10 Å². The van der Waals surface area contributed by atoms with Crippen molar-refractivity contribution in [1.29, 1.82) is 0 Å². The molecule has 1 aliphatic carbocycles. The minimum atomic E-state index is -1.42. The van der Waals surface area contributed by atoms with E-state index in [2.05, 4.69) is 29.2 Å². The molecule has 0 spiro atoms. The van der Waals surface area contributed by atoms with E-state index >= 15 is 0 Å². The Hall–Kier alpha value is -3.29. The second-order valence-corrected chi connectivity index (χ2v) is 9.60. The molecule has 1 fully saturated rings. The molecule has 1 N–H and O–H groups in total. The normalized spacial score (nSPS) is 23.6. The average Bonchev–Trinajstić information content (AvgIpc) is 2.91. The third kappa shape index (κ3) is 5.58. The molecule has 0 amide bonds. The van der Waals surface area contributed by atoms with Crippen LogP contribution in [0.25, 0.3) is 0 Å². The fourth-order valence-electron chi connectivity index (χ4n) is 5.37. The van der Waals surface area contributed by atoms with E-state index in [9.17, 15) is 20.0 Å². The van der Waals surface area contributed by atoms with Crippen molar-refractivity contribution in [3.63, 3.8) is 0 Å². The number of likely N-dealkylation sites (tertiary alicyclic amines) is 1. The highest BCUT2D eigenvalue weighted by atomic mass is 16.6. The monoisotopic (exact) mass is 490 g/mol. The molecule has 1 saturated heterocycles. The molecule has 1 heterocycles. The van der Waals surface area contributed by atoms with E-state index in [0.29, 0.717) is 19.5 Å². The van der Waals surface area contributed by atoms with Crippen molar-refractivity contribution in [2.24, 2.45) is 5.92 Å². The Labute approximate surface area is 212 Å². The van der Waals surface area contributed by atoms with Gasteiger partial charge in [-0.25, -0.2) is 0 Å². The zero-order valence-corrected chi connectivity index (χ0v) is 20.6. The Kier molecular flexibility index (Phi) is 8.33. The second kappa shape index (κ2) is 11.6. The van der Waals surface area contributed by atoms with Gasteiger partial charge in [0.25, 0.3) is 5.54 Å². The maximum Gasteiger partial charge on any atom is 0.314 e. The van der Waals surface area contributed by atoms with Gasteiger partial charge in [-0.05, 0) is 42.5 Å². The van der Waals surface area contributed by atoms with Crippen LogP contribution in [0.4, 0.5) is 0 Å². The average molecular weight is 491 g/mol. The highest BCUT2D eigenvalue weighted by Gasteiger charge is 2.50. The first-order valence-electron chi connectivity index (χ1n) is 12.7. The van der Waals surface area contributed by atoms with Crippen LogP contribution in [0.15, 0.2) is 85.0 Å². The predicted octanol–water partition coefficient (Wildman–Crippen LogP) is 5.27. The maximum atomic E-state index is 12.3. The van der Waals surface area contributed by atoms with Gasteiger partial charge in [-0.1, -0.05) is 86.2 Å². The summed E-state index contributed by atoms with van der Waals surface area (Å²) in [6, 6.07) is 20.0. The lowest BCUT2D eigenvalue weighted by Gasteiger charge is -2.42. The summed E-state index contributed by atoms with van der Waals surface area (Å²) in [6.07, 6.45) is 8.75. The molecule has 7 nitrogen and oxygen atoms in total. The third-order valence-corrected chi connectivity index (χ3v) is 7.29. The van der Waals surface area contributed by atoms with E-state index in [0.717, 1.165) is 30.4 Å². The van der Waals surface area contributed by atoms with E-state index < -0.39 is 17.4 Å². The van der Waals surface area contributed by atoms with Crippen LogP contribution in [0.5, 0.6) is 0 Å². The van der Waals surface area contributed by atoms with Crippen molar-refractivity contribution >= 4 is 5.97 Å². The number of hydrogen-bond donors (Lipinski definition) is 1. The molecule has 0 saturated carbocycles. The predicted molar refractivity (Wildman–Crippen MR) is 138 cm³/mol. The Morgan fingerprint density at radius 3 is 2.03 bits per heavy atom. The number of hydrogen-bond acceptors (Lipinski definition) is 5. The number of nitro groups is 1. The van der Waals surface area contributed by atoms with Gasteiger partial charge in [0.15, 0.2) is 0 Å². The van der Waals surface area contributed by atoms with Gasteiger partial charge in [-0.15, -0.1) is 0 Å². The van der Waals surface area contributed by atoms with Crippen molar-refractivity contribution in [2.75, 3.05) is 13.1 Å². The highest BCUT2D eigenvalue weighted by molar-refractivity contribution is 5.75. The molecule has 2 aromatic carbocycles. The Morgan fingerprint density at radius 1 is 1.06 bits per heavy atom. The summed E-state index contributed by atoms with van der Waals surface area (Å²) >= 11 is 0. The topological polar surface area (TPSA) is 92.9 Å². The van der Waals surface area contributed by atoms with Gasteiger partial charge in [0, 0.05) is 18.0 Å². The van der Waals surface area contributed by atoms with Crippen LogP contribution >= 0.6 is 0 Å². The van der Waals surface area contributed by atoms with E-state index in [1.807, 2.05) is 43.3 Å². The number of piperidine rings is 1. The SMILES string of the molecule is CCCC(N1CCC(OC(c2ccccc2)c2ccccc2)CC1)C1([N+](=O)[O-])C=CC(C(=O)O)C=C1. The number of carboxylic acid groups (broad SMARTS) is 1. The zero-order chi connectivity index (χ0) is 25.5. The molecule has 1 atom stereocenters. The van der Waals surface area contributed by atoms with E-state index in [1.54, 1.807) is 0 Å².